The third-order valence-electron chi connectivity index (χ3n) is 3.69. The summed E-state index contributed by atoms with van der Waals surface area (Å²) in [5.41, 5.74) is 7.68. The second kappa shape index (κ2) is 8.79. The fraction of sp³-hybridized carbons (Fsp3) is 0.158. The normalized spacial score (nSPS) is 10.4. The Hall–Kier alpha value is -2.71. The molecule has 1 amide bonds. The van der Waals surface area contributed by atoms with Gasteiger partial charge in [-0.1, -0.05) is 30.5 Å². The van der Waals surface area contributed by atoms with Gasteiger partial charge < -0.3 is 9.47 Å². The van der Waals surface area contributed by atoms with Crippen molar-refractivity contribution in [3.05, 3.63) is 54.6 Å². The van der Waals surface area contributed by atoms with E-state index in [-0.39, 0.29) is 11.7 Å². The van der Waals surface area contributed by atoms with Gasteiger partial charge in [-0.15, -0.1) is 11.3 Å². The first kappa shape index (κ1) is 19.1. The number of hydrazine groups is 1. The van der Waals surface area contributed by atoms with Crippen molar-refractivity contribution in [2.24, 2.45) is 0 Å². The molecule has 0 aliphatic rings. The maximum absolute atomic E-state index is 12.1. The fourth-order valence-corrected chi connectivity index (χ4v) is 4.20. The van der Waals surface area contributed by atoms with Gasteiger partial charge in [-0.2, -0.15) is 0 Å². The first-order chi connectivity index (χ1) is 13.1. The van der Waals surface area contributed by atoms with Crippen molar-refractivity contribution < 1.29 is 14.3 Å². The topological polar surface area (TPSA) is 72.5 Å². The average Bonchev–Trinajstić information content (AvgIpc) is 3.12. The molecule has 0 saturated carbocycles. The molecule has 0 saturated heterocycles. The molecule has 2 aromatic carbocycles. The highest BCUT2D eigenvalue weighted by Gasteiger charge is 2.11. The van der Waals surface area contributed by atoms with Crippen LogP contribution in [0.2, 0.25) is 0 Å². The largest absolute Gasteiger partial charge is 0.497 e. The number of hydrogen-bond donors (Lipinski definition) is 2. The third-order valence-corrected chi connectivity index (χ3v) is 5.87. The molecule has 8 heteroatoms. The maximum atomic E-state index is 12.1. The summed E-state index contributed by atoms with van der Waals surface area (Å²) in [7, 11) is 3.16. The second-order valence-corrected chi connectivity index (χ2v) is 7.71. The predicted octanol–water partition coefficient (Wildman–Crippen LogP) is 3.70. The first-order valence-corrected chi connectivity index (χ1v) is 9.85. The van der Waals surface area contributed by atoms with Crippen LogP contribution >= 0.6 is 23.1 Å². The van der Waals surface area contributed by atoms with E-state index in [9.17, 15) is 4.79 Å². The Labute approximate surface area is 165 Å². The Morgan fingerprint density at radius 3 is 2.74 bits per heavy atom. The molecule has 0 bridgehead atoms. The molecule has 3 aromatic rings. The van der Waals surface area contributed by atoms with Crippen LogP contribution in [0.3, 0.4) is 0 Å². The van der Waals surface area contributed by atoms with E-state index in [2.05, 4.69) is 22.4 Å². The number of aromatic nitrogens is 1. The van der Waals surface area contributed by atoms with Crippen molar-refractivity contribution in [2.75, 3.05) is 20.0 Å². The van der Waals surface area contributed by atoms with Crippen LogP contribution in [0, 0.1) is 0 Å². The minimum absolute atomic E-state index is 0.173. The summed E-state index contributed by atoms with van der Waals surface area (Å²) in [5.74, 6) is 1.36. The van der Waals surface area contributed by atoms with Crippen molar-refractivity contribution >= 4 is 44.9 Å². The van der Waals surface area contributed by atoms with E-state index in [4.69, 9.17) is 9.47 Å². The van der Waals surface area contributed by atoms with Gasteiger partial charge in [0.1, 0.15) is 11.5 Å². The number of thiazole rings is 1. The lowest BCUT2D eigenvalue weighted by atomic mass is 10.1. The molecule has 0 aliphatic heterocycles. The molecule has 1 aromatic heterocycles. The quantitative estimate of drug-likeness (QED) is 0.443. The lowest BCUT2D eigenvalue weighted by molar-refractivity contribution is -0.119. The predicted molar refractivity (Wildman–Crippen MR) is 110 cm³/mol. The summed E-state index contributed by atoms with van der Waals surface area (Å²) in [5, 5.41) is 0. The highest BCUT2D eigenvalue weighted by Crippen LogP contribution is 2.29. The molecule has 0 atom stereocenters. The minimum Gasteiger partial charge on any atom is -0.497 e. The van der Waals surface area contributed by atoms with Crippen molar-refractivity contribution in [3.63, 3.8) is 0 Å². The van der Waals surface area contributed by atoms with Gasteiger partial charge in [0.25, 0.3) is 0 Å². The van der Waals surface area contributed by atoms with E-state index in [1.807, 2.05) is 30.3 Å². The van der Waals surface area contributed by atoms with Crippen LogP contribution in [0.25, 0.3) is 15.9 Å². The summed E-state index contributed by atoms with van der Waals surface area (Å²) >= 11 is 2.97. The smallest absolute Gasteiger partial charge is 0.248 e. The zero-order chi connectivity index (χ0) is 19.2. The van der Waals surface area contributed by atoms with Crippen molar-refractivity contribution in [3.8, 4) is 11.5 Å². The third kappa shape index (κ3) is 4.72. The number of hydrogen-bond acceptors (Lipinski definition) is 7. The molecule has 0 unspecified atom stereocenters. The molecular formula is C19H19N3O3S2. The molecule has 140 valence electrons. The summed E-state index contributed by atoms with van der Waals surface area (Å²) in [6, 6.07) is 13.3. The Balaban J connectivity index is 1.53. The van der Waals surface area contributed by atoms with Crippen LogP contribution < -0.4 is 20.3 Å². The molecule has 27 heavy (non-hydrogen) atoms. The lowest BCUT2D eigenvalue weighted by Crippen LogP contribution is -2.37. The van der Waals surface area contributed by atoms with Gasteiger partial charge in [-0.3, -0.25) is 15.6 Å². The highest BCUT2D eigenvalue weighted by molar-refractivity contribution is 8.01. The second-order valence-electron chi connectivity index (χ2n) is 5.45. The van der Waals surface area contributed by atoms with E-state index in [0.29, 0.717) is 17.2 Å². The number of benzene rings is 2. The van der Waals surface area contributed by atoms with Gasteiger partial charge in [0.2, 0.25) is 5.91 Å². The van der Waals surface area contributed by atoms with E-state index >= 15 is 0 Å². The monoisotopic (exact) mass is 401 g/mol. The number of methoxy groups -OCH3 is 2. The molecule has 3 rings (SSSR count). The van der Waals surface area contributed by atoms with E-state index in [0.717, 1.165) is 20.1 Å². The van der Waals surface area contributed by atoms with Gasteiger partial charge in [0.15, 0.2) is 4.34 Å². The summed E-state index contributed by atoms with van der Waals surface area (Å²) in [6.45, 7) is 3.94. The number of para-hydroxylation sites is 1. The number of amides is 1. The van der Waals surface area contributed by atoms with Crippen molar-refractivity contribution in [2.45, 2.75) is 4.34 Å². The molecule has 0 spiro atoms. The number of thioether (sulfide) groups is 1. The van der Waals surface area contributed by atoms with Crippen LogP contribution in [0.15, 0.2) is 53.4 Å². The van der Waals surface area contributed by atoms with Crippen LogP contribution in [0.5, 0.6) is 11.5 Å². The molecule has 0 aliphatic carbocycles. The number of rotatable bonds is 8. The van der Waals surface area contributed by atoms with Crippen molar-refractivity contribution in [1.82, 2.24) is 15.8 Å². The van der Waals surface area contributed by atoms with Crippen LogP contribution in [-0.4, -0.2) is 30.9 Å². The summed E-state index contributed by atoms with van der Waals surface area (Å²) < 4.78 is 12.5. The van der Waals surface area contributed by atoms with Crippen molar-refractivity contribution in [1.29, 1.82) is 0 Å². The van der Waals surface area contributed by atoms with Gasteiger partial charge in [-0.05, 0) is 24.3 Å². The zero-order valence-electron chi connectivity index (χ0n) is 14.9. The summed E-state index contributed by atoms with van der Waals surface area (Å²) in [4.78, 5) is 16.6. The van der Waals surface area contributed by atoms with E-state index in [1.54, 1.807) is 37.7 Å². The fourth-order valence-electron chi connectivity index (χ4n) is 2.34. The number of nitrogens with zero attached hydrogens (tertiary/aromatic N) is 1. The Bertz CT molecular complexity index is 939. The number of fused-ring (bicyclic) bond motifs is 1. The van der Waals surface area contributed by atoms with E-state index in [1.165, 1.54) is 11.8 Å². The molecule has 2 N–H and O–H groups in total. The van der Waals surface area contributed by atoms with Gasteiger partial charge in [0.05, 0.1) is 35.9 Å². The number of carbonyl (C=O) groups is 1. The SMILES string of the molecule is C=C(NNC(=O)CSc1nc2ccccc2s1)c1ccc(OC)cc1OC. The van der Waals surface area contributed by atoms with E-state index < -0.39 is 0 Å². The van der Waals surface area contributed by atoms with Gasteiger partial charge in [-0.25, -0.2) is 4.98 Å². The Kier molecular flexibility index (Phi) is 6.20. The van der Waals surface area contributed by atoms with Gasteiger partial charge >= 0.3 is 0 Å². The summed E-state index contributed by atoms with van der Waals surface area (Å²) in [6.07, 6.45) is 0. The molecule has 0 fully saturated rings. The van der Waals surface area contributed by atoms with Crippen LogP contribution in [0.4, 0.5) is 0 Å². The number of ether oxygens (including phenoxy) is 2. The van der Waals surface area contributed by atoms with Crippen LogP contribution in [-0.2, 0) is 4.79 Å². The highest BCUT2D eigenvalue weighted by atomic mass is 32.2. The molecule has 6 nitrogen and oxygen atoms in total. The zero-order valence-corrected chi connectivity index (χ0v) is 16.6. The van der Waals surface area contributed by atoms with Crippen LogP contribution in [0.1, 0.15) is 5.56 Å². The average molecular weight is 402 g/mol. The lowest BCUT2D eigenvalue weighted by Gasteiger charge is -2.14. The standard InChI is InChI=1S/C19H19N3O3S2/c1-12(14-9-8-13(24-2)10-16(14)25-3)21-22-18(23)11-26-19-20-15-6-4-5-7-17(15)27-19/h4-10,21H,1,11H2,2-3H3,(H,22,23). The maximum Gasteiger partial charge on any atom is 0.248 e. The molecular weight excluding hydrogens is 382 g/mol. The number of nitrogens with one attached hydrogen (secondary N) is 2. The Morgan fingerprint density at radius 2 is 2.00 bits per heavy atom. The number of carbonyl (C=O) groups excluding carboxylic acids is 1. The molecule has 1 heterocycles. The Morgan fingerprint density at radius 1 is 1.19 bits per heavy atom. The minimum atomic E-state index is -0.173. The van der Waals surface area contributed by atoms with Gasteiger partial charge in [0, 0.05) is 11.6 Å². The molecule has 0 radical (unpaired) electrons. The first-order valence-electron chi connectivity index (χ1n) is 8.05.